The van der Waals surface area contributed by atoms with E-state index in [0.29, 0.717) is 11.2 Å². The van der Waals surface area contributed by atoms with Crippen molar-refractivity contribution in [1.29, 1.82) is 0 Å². The number of amides is 1. The molecule has 0 fully saturated rings. The van der Waals surface area contributed by atoms with Gasteiger partial charge in [0.15, 0.2) is 0 Å². The summed E-state index contributed by atoms with van der Waals surface area (Å²) >= 11 is 0. The lowest BCUT2D eigenvalue weighted by molar-refractivity contribution is 0.102. The molecule has 1 heterocycles. The number of nitrogens with one attached hydrogen (secondary N) is 1. The van der Waals surface area contributed by atoms with Crippen LogP contribution in [-0.2, 0) is 7.05 Å². The minimum absolute atomic E-state index is 0.0180. The van der Waals surface area contributed by atoms with Crippen LogP contribution in [0.25, 0.3) is 10.9 Å². The molecule has 1 aromatic heterocycles. The van der Waals surface area contributed by atoms with Gasteiger partial charge in [0, 0.05) is 24.3 Å². The molecular formula is C19H17FN2O2. The van der Waals surface area contributed by atoms with Crippen LogP contribution in [0.2, 0.25) is 0 Å². The van der Waals surface area contributed by atoms with E-state index in [-0.39, 0.29) is 10.9 Å². The second-order valence-corrected chi connectivity index (χ2v) is 5.92. The van der Waals surface area contributed by atoms with Gasteiger partial charge in [-0.2, -0.15) is 0 Å². The Hall–Kier alpha value is -2.95. The largest absolute Gasteiger partial charge is 0.350 e. The Morgan fingerprint density at radius 3 is 2.58 bits per heavy atom. The van der Waals surface area contributed by atoms with Crippen molar-refractivity contribution in [3.63, 3.8) is 0 Å². The number of carbonyl (C=O) groups excluding carboxylic acids is 1. The molecular weight excluding hydrogens is 307 g/mol. The molecule has 1 N–H and O–H groups in total. The van der Waals surface area contributed by atoms with Gasteiger partial charge in [0.25, 0.3) is 5.91 Å². The van der Waals surface area contributed by atoms with Gasteiger partial charge in [-0.25, -0.2) is 4.39 Å². The first kappa shape index (κ1) is 15.9. The fourth-order valence-corrected chi connectivity index (χ4v) is 2.77. The van der Waals surface area contributed by atoms with Gasteiger partial charge in [0.1, 0.15) is 11.4 Å². The highest BCUT2D eigenvalue weighted by atomic mass is 19.1. The fourth-order valence-electron chi connectivity index (χ4n) is 2.77. The van der Waals surface area contributed by atoms with Crippen molar-refractivity contribution in [1.82, 2.24) is 4.57 Å². The lowest BCUT2D eigenvalue weighted by Gasteiger charge is -2.11. The summed E-state index contributed by atoms with van der Waals surface area (Å²) in [7, 11) is 1.72. The smallest absolute Gasteiger partial charge is 0.261 e. The highest BCUT2D eigenvalue weighted by Crippen LogP contribution is 2.18. The number of aromatic nitrogens is 1. The molecule has 0 saturated carbocycles. The standard InChI is InChI=1S/C19H17FN2O2/c1-11-4-6-16(12(2)8-11)21-19(24)15-10-22(3)17-7-5-13(20)9-14(17)18(15)23/h4-10H,1-3H3,(H,21,24). The number of nitrogens with zero attached hydrogens (tertiary/aromatic N) is 1. The Morgan fingerprint density at radius 1 is 1.12 bits per heavy atom. The second kappa shape index (κ2) is 5.92. The van der Waals surface area contributed by atoms with E-state index in [4.69, 9.17) is 0 Å². The molecule has 0 atom stereocenters. The lowest BCUT2D eigenvalue weighted by atomic mass is 10.1. The minimum atomic E-state index is -0.508. The first-order valence-electron chi connectivity index (χ1n) is 7.54. The first-order chi connectivity index (χ1) is 11.4. The summed E-state index contributed by atoms with van der Waals surface area (Å²) in [6, 6.07) is 9.61. The topological polar surface area (TPSA) is 51.1 Å². The van der Waals surface area contributed by atoms with Crippen molar-refractivity contribution in [2.24, 2.45) is 7.05 Å². The summed E-state index contributed by atoms with van der Waals surface area (Å²) in [6.07, 6.45) is 1.47. The molecule has 0 radical (unpaired) electrons. The lowest BCUT2D eigenvalue weighted by Crippen LogP contribution is -2.23. The van der Waals surface area contributed by atoms with E-state index in [2.05, 4.69) is 5.32 Å². The molecule has 0 unspecified atom stereocenters. The third-order valence-corrected chi connectivity index (χ3v) is 4.03. The van der Waals surface area contributed by atoms with Crippen LogP contribution in [0.3, 0.4) is 0 Å². The molecule has 0 spiro atoms. The Morgan fingerprint density at radius 2 is 1.88 bits per heavy atom. The van der Waals surface area contributed by atoms with Crippen molar-refractivity contribution in [2.45, 2.75) is 13.8 Å². The van der Waals surface area contributed by atoms with Crippen molar-refractivity contribution in [3.8, 4) is 0 Å². The van der Waals surface area contributed by atoms with Gasteiger partial charge in [-0.3, -0.25) is 9.59 Å². The van der Waals surface area contributed by atoms with Crippen LogP contribution in [0.5, 0.6) is 0 Å². The van der Waals surface area contributed by atoms with E-state index >= 15 is 0 Å². The summed E-state index contributed by atoms with van der Waals surface area (Å²) in [5.41, 5.74) is 2.71. The van der Waals surface area contributed by atoms with Gasteiger partial charge < -0.3 is 9.88 Å². The molecule has 5 heteroatoms. The summed E-state index contributed by atoms with van der Waals surface area (Å²) < 4.78 is 15.1. The zero-order valence-corrected chi connectivity index (χ0v) is 13.7. The quantitative estimate of drug-likeness (QED) is 0.784. The number of aryl methyl sites for hydroxylation is 3. The molecule has 1 amide bonds. The number of rotatable bonds is 2. The number of fused-ring (bicyclic) bond motifs is 1. The maximum atomic E-state index is 13.5. The number of benzene rings is 2. The monoisotopic (exact) mass is 324 g/mol. The number of halogens is 1. The minimum Gasteiger partial charge on any atom is -0.350 e. The normalized spacial score (nSPS) is 10.8. The van der Waals surface area contributed by atoms with Crippen LogP contribution < -0.4 is 10.7 Å². The maximum absolute atomic E-state index is 13.5. The average molecular weight is 324 g/mol. The number of anilines is 1. The van der Waals surface area contributed by atoms with E-state index in [1.165, 1.54) is 18.3 Å². The highest BCUT2D eigenvalue weighted by Gasteiger charge is 2.16. The van der Waals surface area contributed by atoms with E-state index in [1.54, 1.807) is 17.7 Å². The Kier molecular flexibility index (Phi) is 3.93. The van der Waals surface area contributed by atoms with Crippen LogP contribution in [0, 0.1) is 19.7 Å². The van der Waals surface area contributed by atoms with Gasteiger partial charge >= 0.3 is 0 Å². The molecule has 122 valence electrons. The van der Waals surface area contributed by atoms with Crippen molar-refractivity contribution >= 4 is 22.5 Å². The average Bonchev–Trinajstić information content (AvgIpc) is 2.53. The SMILES string of the molecule is Cc1ccc(NC(=O)c2cn(C)c3ccc(F)cc3c2=O)c(C)c1. The molecule has 0 saturated heterocycles. The molecule has 3 rings (SSSR count). The zero-order valence-electron chi connectivity index (χ0n) is 13.7. The van der Waals surface area contributed by atoms with Gasteiger partial charge in [0.2, 0.25) is 5.43 Å². The first-order valence-corrected chi connectivity index (χ1v) is 7.54. The molecule has 4 nitrogen and oxygen atoms in total. The Balaban J connectivity index is 2.07. The van der Waals surface area contributed by atoms with Gasteiger partial charge in [-0.15, -0.1) is 0 Å². The molecule has 0 aliphatic heterocycles. The summed E-state index contributed by atoms with van der Waals surface area (Å²) in [5, 5.41) is 2.94. The number of pyridine rings is 1. The molecule has 2 aromatic carbocycles. The fraction of sp³-hybridized carbons (Fsp3) is 0.158. The van der Waals surface area contributed by atoms with Gasteiger partial charge in [-0.1, -0.05) is 17.7 Å². The van der Waals surface area contributed by atoms with Crippen LogP contribution in [0.4, 0.5) is 10.1 Å². The van der Waals surface area contributed by atoms with Crippen LogP contribution >= 0.6 is 0 Å². The second-order valence-electron chi connectivity index (χ2n) is 5.92. The van der Waals surface area contributed by atoms with Crippen molar-refractivity contribution < 1.29 is 9.18 Å². The van der Waals surface area contributed by atoms with Gasteiger partial charge in [-0.05, 0) is 43.7 Å². The van der Waals surface area contributed by atoms with E-state index in [1.807, 2.05) is 26.0 Å². The maximum Gasteiger partial charge on any atom is 0.261 e. The van der Waals surface area contributed by atoms with Gasteiger partial charge in [0.05, 0.1) is 5.52 Å². The summed E-state index contributed by atoms with van der Waals surface area (Å²) in [5.74, 6) is -1.01. The highest BCUT2D eigenvalue weighted by molar-refractivity contribution is 6.06. The Labute approximate surface area is 138 Å². The number of carbonyl (C=O) groups is 1. The molecule has 24 heavy (non-hydrogen) atoms. The number of hydrogen-bond acceptors (Lipinski definition) is 2. The zero-order chi connectivity index (χ0) is 17.4. The summed E-state index contributed by atoms with van der Waals surface area (Å²) in [6.45, 7) is 3.85. The molecule has 0 bridgehead atoms. The predicted octanol–water partition coefficient (Wildman–Crippen LogP) is 3.55. The van der Waals surface area contributed by atoms with E-state index in [0.717, 1.165) is 17.2 Å². The molecule has 0 aliphatic carbocycles. The Bertz CT molecular complexity index is 1020. The van der Waals surface area contributed by atoms with Crippen molar-refractivity contribution in [2.75, 3.05) is 5.32 Å². The van der Waals surface area contributed by atoms with E-state index < -0.39 is 17.2 Å². The molecule has 3 aromatic rings. The van der Waals surface area contributed by atoms with E-state index in [9.17, 15) is 14.0 Å². The van der Waals surface area contributed by atoms with Crippen LogP contribution in [0.15, 0.2) is 47.4 Å². The third kappa shape index (κ3) is 2.80. The predicted molar refractivity (Wildman–Crippen MR) is 93.0 cm³/mol. The summed E-state index contributed by atoms with van der Waals surface area (Å²) in [4.78, 5) is 25.1. The van der Waals surface area contributed by atoms with Crippen LogP contribution in [-0.4, -0.2) is 10.5 Å². The number of hydrogen-bond donors (Lipinski definition) is 1. The molecule has 0 aliphatic rings. The third-order valence-electron chi connectivity index (χ3n) is 4.03. The van der Waals surface area contributed by atoms with Crippen molar-refractivity contribution in [3.05, 3.63) is 75.3 Å². The van der Waals surface area contributed by atoms with Crippen LogP contribution in [0.1, 0.15) is 21.5 Å².